The summed E-state index contributed by atoms with van der Waals surface area (Å²) in [7, 11) is -3.41. The number of aryl methyl sites for hydroxylation is 1. The maximum Gasteiger partial charge on any atom is 0.243 e. The lowest BCUT2D eigenvalue weighted by Crippen LogP contribution is -2.50. The van der Waals surface area contributed by atoms with E-state index in [1.807, 2.05) is 32.9 Å². The topological polar surface area (TPSA) is 69.7 Å². The molecule has 1 amide bonds. The third kappa shape index (κ3) is 6.54. The minimum atomic E-state index is -3.41. The second-order valence-corrected chi connectivity index (χ2v) is 8.94. The molecule has 6 nitrogen and oxygen atoms in total. The van der Waals surface area contributed by atoms with Gasteiger partial charge in [0.15, 0.2) is 0 Å². The van der Waals surface area contributed by atoms with Crippen molar-refractivity contribution < 1.29 is 13.2 Å². The number of piperazine rings is 1. The standard InChI is InChI=1S/C18H29N3O3S.ClH/c1-15(2)14-18(22)19-8-9-20-10-12-21(13-11-20)25(23,24)17-6-4-16(3)5-7-17;/h4-7,15H,8-14H2,1-3H3,(H,19,22);1H. The smallest absolute Gasteiger partial charge is 0.243 e. The molecule has 2 rings (SSSR count). The Morgan fingerprint density at radius 1 is 1.12 bits per heavy atom. The summed E-state index contributed by atoms with van der Waals surface area (Å²) in [5, 5.41) is 2.92. The summed E-state index contributed by atoms with van der Waals surface area (Å²) in [5.74, 6) is 0.436. The van der Waals surface area contributed by atoms with Gasteiger partial charge < -0.3 is 5.32 Å². The molecular formula is C18H30ClN3O3S. The van der Waals surface area contributed by atoms with Gasteiger partial charge in [-0.3, -0.25) is 9.69 Å². The highest BCUT2D eigenvalue weighted by Gasteiger charge is 2.28. The zero-order valence-electron chi connectivity index (χ0n) is 15.8. The van der Waals surface area contributed by atoms with Gasteiger partial charge in [-0.2, -0.15) is 4.31 Å². The molecule has 1 aliphatic heterocycles. The van der Waals surface area contributed by atoms with E-state index in [9.17, 15) is 13.2 Å². The minimum Gasteiger partial charge on any atom is -0.355 e. The molecule has 1 fully saturated rings. The molecule has 0 aliphatic carbocycles. The average Bonchev–Trinajstić information content (AvgIpc) is 2.55. The number of carbonyl (C=O) groups is 1. The van der Waals surface area contributed by atoms with Crippen LogP contribution in [0, 0.1) is 12.8 Å². The van der Waals surface area contributed by atoms with Crippen LogP contribution in [-0.4, -0.2) is 62.8 Å². The van der Waals surface area contributed by atoms with Crippen molar-refractivity contribution in [2.24, 2.45) is 5.92 Å². The first-order valence-corrected chi connectivity index (χ1v) is 10.3. The Bertz CT molecular complexity index is 669. The van der Waals surface area contributed by atoms with Gasteiger partial charge in [-0.15, -0.1) is 12.4 Å². The van der Waals surface area contributed by atoms with Crippen LogP contribution in [-0.2, 0) is 14.8 Å². The predicted molar refractivity (Wildman–Crippen MR) is 106 cm³/mol. The largest absolute Gasteiger partial charge is 0.355 e. The lowest BCUT2D eigenvalue weighted by atomic mass is 10.1. The first-order valence-electron chi connectivity index (χ1n) is 8.85. The number of carbonyl (C=O) groups excluding carboxylic acids is 1. The van der Waals surface area contributed by atoms with Crippen LogP contribution in [0.2, 0.25) is 0 Å². The quantitative estimate of drug-likeness (QED) is 0.754. The Hall–Kier alpha value is -1.15. The van der Waals surface area contributed by atoms with Crippen molar-refractivity contribution >= 4 is 28.3 Å². The number of hydrogen-bond donors (Lipinski definition) is 1. The molecule has 1 aromatic carbocycles. The number of nitrogens with one attached hydrogen (secondary N) is 1. The summed E-state index contributed by atoms with van der Waals surface area (Å²) < 4.78 is 26.9. The molecule has 0 radical (unpaired) electrons. The summed E-state index contributed by atoms with van der Waals surface area (Å²) in [6.07, 6.45) is 0.544. The zero-order valence-corrected chi connectivity index (χ0v) is 17.4. The van der Waals surface area contributed by atoms with E-state index in [0.29, 0.717) is 50.0 Å². The fourth-order valence-electron chi connectivity index (χ4n) is 2.85. The molecule has 1 saturated heterocycles. The van der Waals surface area contributed by atoms with Crippen LogP contribution in [0.1, 0.15) is 25.8 Å². The summed E-state index contributed by atoms with van der Waals surface area (Å²) in [5.41, 5.74) is 1.04. The lowest BCUT2D eigenvalue weighted by molar-refractivity contribution is -0.121. The van der Waals surface area contributed by atoms with Crippen LogP contribution < -0.4 is 5.32 Å². The maximum atomic E-state index is 12.7. The van der Waals surface area contributed by atoms with Crippen LogP contribution in [0.15, 0.2) is 29.2 Å². The Kier molecular flexibility index (Phi) is 9.03. The van der Waals surface area contributed by atoms with Gasteiger partial charge in [-0.25, -0.2) is 8.42 Å². The molecule has 0 spiro atoms. The first-order chi connectivity index (χ1) is 11.8. The molecule has 0 aromatic heterocycles. The maximum absolute atomic E-state index is 12.7. The summed E-state index contributed by atoms with van der Waals surface area (Å²) >= 11 is 0. The number of benzene rings is 1. The van der Waals surface area contributed by atoms with Crippen molar-refractivity contribution in [1.82, 2.24) is 14.5 Å². The number of amides is 1. The van der Waals surface area contributed by atoms with Gasteiger partial charge in [0.2, 0.25) is 15.9 Å². The first kappa shape index (κ1) is 22.9. The molecule has 0 saturated carbocycles. The number of halogens is 1. The molecule has 1 aromatic rings. The van der Waals surface area contributed by atoms with E-state index in [0.717, 1.165) is 12.1 Å². The fraction of sp³-hybridized carbons (Fsp3) is 0.611. The van der Waals surface area contributed by atoms with Gasteiger partial charge >= 0.3 is 0 Å². The van der Waals surface area contributed by atoms with Crippen molar-refractivity contribution in [2.75, 3.05) is 39.3 Å². The monoisotopic (exact) mass is 403 g/mol. The van der Waals surface area contributed by atoms with Gasteiger partial charge in [-0.05, 0) is 25.0 Å². The van der Waals surface area contributed by atoms with Crippen molar-refractivity contribution in [3.05, 3.63) is 29.8 Å². The third-order valence-corrected chi connectivity index (χ3v) is 6.25. The summed E-state index contributed by atoms with van der Waals surface area (Å²) in [4.78, 5) is 14.2. The molecule has 148 valence electrons. The molecule has 1 N–H and O–H groups in total. The van der Waals surface area contributed by atoms with Crippen molar-refractivity contribution in [1.29, 1.82) is 0 Å². The average molecular weight is 404 g/mol. The van der Waals surface area contributed by atoms with E-state index < -0.39 is 10.0 Å². The third-order valence-electron chi connectivity index (χ3n) is 4.33. The fourth-order valence-corrected chi connectivity index (χ4v) is 4.27. The van der Waals surface area contributed by atoms with Crippen LogP contribution >= 0.6 is 12.4 Å². The lowest BCUT2D eigenvalue weighted by Gasteiger charge is -2.34. The van der Waals surface area contributed by atoms with Crippen molar-refractivity contribution in [3.8, 4) is 0 Å². The van der Waals surface area contributed by atoms with E-state index in [1.54, 1.807) is 16.4 Å². The zero-order chi connectivity index (χ0) is 18.4. The Morgan fingerprint density at radius 3 is 2.23 bits per heavy atom. The number of hydrogen-bond acceptors (Lipinski definition) is 4. The van der Waals surface area contributed by atoms with Crippen LogP contribution in [0.25, 0.3) is 0 Å². The van der Waals surface area contributed by atoms with E-state index in [-0.39, 0.29) is 18.3 Å². The predicted octanol–water partition coefficient (Wildman–Crippen LogP) is 1.89. The number of rotatable bonds is 7. The minimum absolute atomic E-state index is 0. The van der Waals surface area contributed by atoms with E-state index in [1.165, 1.54) is 0 Å². The highest BCUT2D eigenvalue weighted by Crippen LogP contribution is 2.18. The molecular weight excluding hydrogens is 374 g/mol. The normalized spacial score (nSPS) is 16.3. The highest BCUT2D eigenvalue weighted by atomic mass is 35.5. The molecule has 8 heteroatoms. The van der Waals surface area contributed by atoms with Gasteiger partial charge in [-0.1, -0.05) is 31.5 Å². The second-order valence-electron chi connectivity index (χ2n) is 7.01. The number of nitrogens with zero attached hydrogens (tertiary/aromatic N) is 2. The Labute approximate surface area is 163 Å². The van der Waals surface area contributed by atoms with Gasteiger partial charge in [0.05, 0.1) is 4.90 Å². The van der Waals surface area contributed by atoms with Crippen LogP contribution in [0.4, 0.5) is 0 Å². The SMILES string of the molecule is Cc1ccc(S(=O)(=O)N2CCN(CCNC(=O)CC(C)C)CC2)cc1.Cl. The van der Waals surface area contributed by atoms with Gasteiger partial charge in [0.1, 0.15) is 0 Å². The highest BCUT2D eigenvalue weighted by molar-refractivity contribution is 7.89. The van der Waals surface area contributed by atoms with Gasteiger partial charge in [0.25, 0.3) is 0 Å². The van der Waals surface area contributed by atoms with E-state index >= 15 is 0 Å². The summed E-state index contributed by atoms with van der Waals surface area (Å²) in [6.45, 7) is 9.68. The molecule has 0 bridgehead atoms. The molecule has 26 heavy (non-hydrogen) atoms. The molecule has 1 heterocycles. The van der Waals surface area contributed by atoms with Crippen molar-refractivity contribution in [3.63, 3.8) is 0 Å². The second kappa shape index (κ2) is 10.3. The Morgan fingerprint density at radius 2 is 1.69 bits per heavy atom. The number of sulfonamides is 1. The van der Waals surface area contributed by atoms with Crippen LogP contribution in [0.3, 0.4) is 0 Å². The van der Waals surface area contributed by atoms with E-state index in [4.69, 9.17) is 0 Å². The van der Waals surface area contributed by atoms with Gasteiger partial charge in [0, 0.05) is 45.7 Å². The van der Waals surface area contributed by atoms with Crippen molar-refractivity contribution in [2.45, 2.75) is 32.1 Å². The molecule has 0 atom stereocenters. The van der Waals surface area contributed by atoms with Crippen LogP contribution in [0.5, 0.6) is 0 Å². The molecule has 1 aliphatic rings. The molecule has 0 unspecified atom stereocenters. The summed E-state index contributed by atoms with van der Waals surface area (Å²) in [6, 6.07) is 6.98. The van der Waals surface area contributed by atoms with E-state index in [2.05, 4.69) is 10.2 Å². The Balaban J connectivity index is 0.00000338.